The van der Waals surface area contributed by atoms with E-state index in [1.807, 2.05) is 62.4 Å². The van der Waals surface area contributed by atoms with Gasteiger partial charge in [0.2, 0.25) is 11.8 Å². The van der Waals surface area contributed by atoms with E-state index < -0.39 is 36.4 Å². The minimum absolute atomic E-state index is 0.0495. The number of carbonyl (C=O) groups is 4. The molecule has 0 aromatic heterocycles. The van der Waals surface area contributed by atoms with Crippen LogP contribution in [0.15, 0.2) is 54.6 Å². The molecule has 1 aliphatic heterocycles. The molecule has 7 heteroatoms. The van der Waals surface area contributed by atoms with Gasteiger partial charge in [0.15, 0.2) is 6.61 Å². The Kier molecular flexibility index (Phi) is 6.58. The quantitative estimate of drug-likeness (QED) is 0.396. The molecule has 0 spiro atoms. The van der Waals surface area contributed by atoms with Gasteiger partial charge in [-0.1, -0.05) is 62.4 Å². The van der Waals surface area contributed by atoms with Crippen molar-refractivity contribution in [3.63, 3.8) is 0 Å². The molecule has 1 heterocycles. The third-order valence-corrected chi connectivity index (χ3v) is 6.23. The van der Waals surface area contributed by atoms with Gasteiger partial charge in [-0.15, -0.1) is 0 Å². The zero-order valence-electron chi connectivity index (χ0n) is 18.8. The van der Waals surface area contributed by atoms with Gasteiger partial charge in [0.25, 0.3) is 5.91 Å². The molecule has 1 fully saturated rings. The molecule has 2 aromatic rings. The standard InChI is InChI=1S/C26H28N2O5/c1-16(2)14-22(28-24(30)19-11-5-6-12-20(19)25(28)31)26(32)33-15-23(29)27-21-13-7-9-17-8-3-4-10-18(17)21/h3-10,13,16,19-20,22H,11-12,14-15H2,1-2H3,(H,27,29). The Bertz CT molecular complexity index is 1090. The smallest absolute Gasteiger partial charge is 0.329 e. The van der Waals surface area contributed by atoms with Gasteiger partial charge in [0.05, 0.1) is 11.8 Å². The highest BCUT2D eigenvalue weighted by atomic mass is 16.5. The second-order valence-electron chi connectivity index (χ2n) is 9.03. The van der Waals surface area contributed by atoms with Crippen LogP contribution in [0, 0.1) is 17.8 Å². The average Bonchev–Trinajstić information content (AvgIpc) is 3.06. The zero-order valence-corrected chi connectivity index (χ0v) is 18.8. The van der Waals surface area contributed by atoms with Gasteiger partial charge in [0.1, 0.15) is 6.04 Å². The van der Waals surface area contributed by atoms with Crippen molar-refractivity contribution < 1.29 is 23.9 Å². The van der Waals surface area contributed by atoms with E-state index in [1.54, 1.807) is 6.07 Å². The highest BCUT2D eigenvalue weighted by molar-refractivity contribution is 6.08. The number of anilines is 1. The van der Waals surface area contributed by atoms with E-state index in [9.17, 15) is 19.2 Å². The van der Waals surface area contributed by atoms with E-state index in [4.69, 9.17) is 4.74 Å². The van der Waals surface area contributed by atoms with E-state index >= 15 is 0 Å². The number of amides is 3. The van der Waals surface area contributed by atoms with Crippen molar-refractivity contribution in [3.8, 4) is 0 Å². The third kappa shape index (κ3) is 4.67. The molecule has 0 saturated carbocycles. The average molecular weight is 449 g/mol. The van der Waals surface area contributed by atoms with Gasteiger partial charge in [-0.2, -0.15) is 0 Å². The van der Waals surface area contributed by atoms with Gasteiger partial charge in [0, 0.05) is 11.1 Å². The first-order chi connectivity index (χ1) is 15.9. The van der Waals surface area contributed by atoms with Gasteiger partial charge < -0.3 is 10.1 Å². The molecule has 3 amide bonds. The van der Waals surface area contributed by atoms with Gasteiger partial charge >= 0.3 is 5.97 Å². The molecule has 3 unspecified atom stereocenters. The van der Waals surface area contributed by atoms with Crippen LogP contribution in [0.2, 0.25) is 0 Å². The summed E-state index contributed by atoms with van der Waals surface area (Å²) >= 11 is 0. The number of nitrogens with one attached hydrogen (secondary N) is 1. The molecule has 7 nitrogen and oxygen atoms in total. The van der Waals surface area contributed by atoms with Crippen molar-refractivity contribution in [3.05, 3.63) is 54.6 Å². The van der Waals surface area contributed by atoms with E-state index in [1.165, 1.54) is 0 Å². The van der Waals surface area contributed by atoms with Crippen molar-refractivity contribution in [2.75, 3.05) is 11.9 Å². The maximum absolute atomic E-state index is 13.0. The topological polar surface area (TPSA) is 92.8 Å². The number of imide groups is 1. The van der Waals surface area contributed by atoms with E-state index in [2.05, 4.69) is 5.32 Å². The summed E-state index contributed by atoms with van der Waals surface area (Å²) in [5, 5.41) is 4.63. The Labute approximate surface area is 192 Å². The Balaban J connectivity index is 1.44. The fourth-order valence-corrected chi connectivity index (χ4v) is 4.64. The Morgan fingerprint density at radius 1 is 1.00 bits per heavy atom. The lowest BCUT2D eigenvalue weighted by atomic mass is 9.85. The van der Waals surface area contributed by atoms with Crippen LogP contribution in [-0.2, 0) is 23.9 Å². The lowest BCUT2D eigenvalue weighted by molar-refractivity contribution is -0.160. The molecule has 33 heavy (non-hydrogen) atoms. The summed E-state index contributed by atoms with van der Waals surface area (Å²) in [6.07, 6.45) is 5.10. The number of fused-ring (bicyclic) bond motifs is 2. The predicted molar refractivity (Wildman–Crippen MR) is 124 cm³/mol. The summed E-state index contributed by atoms with van der Waals surface area (Å²) in [5.41, 5.74) is 0.620. The van der Waals surface area contributed by atoms with E-state index in [0.29, 0.717) is 18.5 Å². The summed E-state index contributed by atoms with van der Waals surface area (Å²) in [5.74, 6) is -2.65. The van der Waals surface area contributed by atoms with Crippen LogP contribution in [0.5, 0.6) is 0 Å². The molecule has 1 N–H and O–H groups in total. The monoisotopic (exact) mass is 448 g/mol. The normalized spacial score (nSPS) is 20.8. The summed E-state index contributed by atoms with van der Waals surface area (Å²) in [6, 6.07) is 12.2. The van der Waals surface area contributed by atoms with E-state index in [0.717, 1.165) is 15.7 Å². The van der Waals surface area contributed by atoms with Crippen LogP contribution in [0.1, 0.15) is 33.1 Å². The van der Waals surface area contributed by atoms with Crippen LogP contribution in [0.25, 0.3) is 10.8 Å². The maximum Gasteiger partial charge on any atom is 0.329 e. The molecular weight excluding hydrogens is 420 g/mol. The molecule has 3 atom stereocenters. The summed E-state index contributed by atoms with van der Waals surface area (Å²) < 4.78 is 5.30. The fraction of sp³-hybridized carbons (Fsp3) is 0.385. The lowest BCUT2D eigenvalue weighted by Crippen LogP contribution is -2.47. The van der Waals surface area contributed by atoms with Crippen LogP contribution < -0.4 is 5.32 Å². The highest BCUT2D eigenvalue weighted by Crippen LogP contribution is 2.37. The van der Waals surface area contributed by atoms with Gasteiger partial charge in [-0.05, 0) is 36.6 Å². The van der Waals surface area contributed by atoms with Crippen LogP contribution in [0.4, 0.5) is 5.69 Å². The molecule has 0 bridgehead atoms. The van der Waals surface area contributed by atoms with Crippen LogP contribution in [-0.4, -0.2) is 41.2 Å². The third-order valence-electron chi connectivity index (χ3n) is 6.23. The van der Waals surface area contributed by atoms with Crippen molar-refractivity contribution in [2.45, 2.75) is 39.2 Å². The number of hydrogen-bond donors (Lipinski definition) is 1. The number of hydrogen-bond acceptors (Lipinski definition) is 5. The molecule has 1 saturated heterocycles. The van der Waals surface area contributed by atoms with Crippen molar-refractivity contribution >= 4 is 40.2 Å². The molecule has 4 rings (SSSR count). The number of benzene rings is 2. The van der Waals surface area contributed by atoms with E-state index in [-0.39, 0.29) is 24.2 Å². The second kappa shape index (κ2) is 9.57. The molecule has 0 radical (unpaired) electrons. The second-order valence-corrected chi connectivity index (χ2v) is 9.03. The summed E-state index contributed by atoms with van der Waals surface area (Å²) in [7, 11) is 0. The molecule has 1 aliphatic carbocycles. The first-order valence-corrected chi connectivity index (χ1v) is 11.3. The lowest BCUT2D eigenvalue weighted by Gasteiger charge is -2.26. The number of carbonyl (C=O) groups excluding carboxylic acids is 4. The largest absolute Gasteiger partial charge is 0.454 e. The Morgan fingerprint density at radius 2 is 1.64 bits per heavy atom. The highest BCUT2D eigenvalue weighted by Gasteiger charge is 2.51. The minimum atomic E-state index is -1.03. The molecule has 2 aromatic carbocycles. The van der Waals surface area contributed by atoms with Crippen molar-refractivity contribution in [2.24, 2.45) is 17.8 Å². The zero-order chi connectivity index (χ0) is 23.5. The van der Waals surface area contributed by atoms with Crippen molar-refractivity contribution in [1.29, 1.82) is 0 Å². The number of esters is 1. The van der Waals surface area contributed by atoms with Gasteiger partial charge in [-0.25, -0.2) is 4.79 Å². The van der Waals surface area contributed by atoms with Gasteiger partial charge in [-0.3, -0.25) is 19.3 Å². The first-order valence-electron chi connectivity index (χ1n) is 11.3. The minimum Gasteiger partial charge on any atom is -0.454 e. The fourth-order valence-electron chi connectivity index (χ4n) is 4.64. The SMILES string of the molecule is CC(C)CC(C(=O)OCC(=O)Nc1cccc2ccccc12)N1C(=O)C2CC=CCC2C1=O. The molecular formula is C26H28N2O5. The summed E-state index contributed by atoms with van der Waals surface area (Å²) in [6.45, 7) is 3.32. The van der Waals surface area contributed by atoms with Crippen LogP contribution in [0.3, 0.4) is 0 Å². The molecule has 2 aliphatic rings. The number of allylic oxidation sites excluding steroid dienone is 2. The summed E-state index contributed by atoms with van der Waals surface area (Å²) in [4.78, 5) is 52.5. The molecule has 172 valence electrons. The van der Waals surface area contributed by atoms with Crippen molar-refractivity contribution in [1.82, 2.24) is 4.90 Å². The Morgan fingerprint density at radius 3 is 2.30 bits per heavy atom. The van der Waals surface area contributed by atoms with Crippen LogP contribution >= 0.6 is 0 Å². The number of nitrogens with zero attached hydrogens (tertiary/aromatic N) is 1. The Hall–Kier alpha value is -3.48. The predicted octanol–water partition coefficient (Wildman–Crippen LogP) is 3.69. The number of ether oxygens (including phenoxy) is 1. The number of likely N-dealkylation sites (tertiary alicyclic amines) is 1. The first kappa shape index (κ1) is 22.7. The number of rotatable bonds is 7. The maximum atomic E-state index is 13.0.